The van der Waals surface area contributed by atoms with Crippen LogP contribution in [0.3, 0.4) is 0 Å². The zero-order valence-corrected chi connectivity index (χ0v) is 11.8. The van der Waals surface area contributed by atoms with Gasteiger partial charge < -0.3 is 0 Å². The van der Waals surface area contributed by atoms with E-state index in [-0.39, 0.29) is 0 Å². The van der Waals surface area contributed by atoms with Crippen molar-refractivity contribution < 1.29 is 0 Å². The SMILES string of the molecule is CC=CCC(C=CCCC)C(/C=C\C)=NCC. The molecule has 0 fully saturated rings. The van der Waals surface area contributed by atoms with Gasteiger partial charge in [0.1, 0.15) is 0 Å². The van der Waals surface area contributed by atoms with E-state index in [2.05, 4.69) is 62.2 Å². The molecule has 0 rings (SSSR count). The average molecular weight is 233 g/mol. The summed E-state index contributed by atoms with van der Waals surface area (Å²) in [4.78, 5) is 4.59. The van der Waals surface area contributed by atoms with Gasteiger partial charge in [0, 0.05) is 18.2 Å². The number of aliphatic imine (C=N–C) groups is 1. The summed E-state index contributed by atoms with van der Waals surface area (Å²) < 4.78 is 0. The quantitative estimate of drug-likeness (QED) is 0.415. The van der Waals surface area contributed by atoms with Crippen LogP contribution in [0.1, 0.15) is 47.0 Å². The molecule has 0 saturated carbocycles. The first-order valence-electron chi connectivity index (χ1n) is 6.74. The second kappa shape index (κ2) is 11.4. The Bertz CT molecular complexity index is 282. The topological polar surface area (TPSA) is 12.4 Å². The highest BCUT2D eigenvalue weighted by atomic mass is 14.7. The molecular weight excluding hydrogens is 206 g/mol. The summed E-state index contributed by atoms with van der Waals surface area (Å²) in [5, 5.41) is 0. The third-order valence-electron chi connectivity index (χ3n) is 2.51. The molecular formula is C16H27N. The largest absolute Gasteiger partial charge is 0.289 e. The van der Waals surface area contributed by atoms with Gasteiger partial charge in [-0.2, -0.15) is 0 Å². The van der Waals surface area contributed by atoms with Crippen molar-refractivity contribution in [1.82, 2.24) is 0 Å². The van der Waals surface area contributed by atoms with Crippen molar-refractivity contribution >= 4 is 5.71 Å². The highest BCUT2D eigenvalue weighted by molar-refractivity contribution is 5.98. The molecule has 0 aliphatic rings. The van der Waals surface area contributed by atoms with Crippen LogP contribution in [0, 0.1) is 5.92 Å². The van der Waals surface area contributed by atoms with E-state index in [0.717, 1.165) is 19.4 Å². The fraction of sp³-hybridized carbons (Fsp3) is 0.562. The van der Waals surface area contributed by atoms with Gasteiger partial charge in [0.05, 0.1) is 0 Å². The van der Waals surface area contributed by atoms with Crippen LogP contribution in [0.25, 0.3) is 0 Å². The molecule has 0 aromatic rings. The molecule has 1 heteroatoms. The van der Waals surface area contributed by atoms with Crippen molar-refractivity contribution in [3.8, 4) is 0 Å². The Balaban J connectivity index is 4.78. The lowest BCUT2D eigenvalue weighted by atomic mass is 9.97. The summed E-state index contributed by atoms with van der Waals surface area (Å²) in [7, 11) is 0. The Kier molecular flexibility index (Phi) is 10.6. The molecule has 0 saturated heterocycles. The van der Waals surface area contributed by atoms with Crippen molar-refractivity contribution in [2.45, 2.75) is 47.0 Å². The number of nitrogens with zero attached hydrogens (tertiary/aromatic N) is 1. The first-order valence-corrected chi connectivity index (χ1v) is 6.74. The first-order chi connectivity index (χ1) is 8.29. The Morgan fingerprint density at radius 2 is 1.88 bits per heavy atom. The second-order valence-corrected chi connectivity index (χ2v) is 4.03. The maximum Gasteiger partial charge on any atom is 0.0416 e. The van der Waals surface area contributed by atoms with Crippen molar-refractivity contribution in [2.75, 3.05) is 6.54 Å². The van der Waals surface area contributed by atoms with Gasteiger partial charge in [0.15, 0.2) is 0 Å². The van der Waals surface area contributed by atoms with Gasteiger partial charge >= 0.3 is 0 Å². The fourth-order valence-electron chi connectivity index (χ4n) is 1.65. The molecule has 1 atom stereocenters. The molecule has 1 nitrogen and oxygen atoms in total. The smallest absolute Gasteiger partial charge is 0.0416 e. The fourth-order valence-corrected chi connectivity index (χ4v) is 1.65. The summed E-state index contributed by atoms with van der Waals surface area (Å²) in [6, 6.07) is 0. The summed E-state index contributed by atoms with van der Waals surface area (Å²) in [5.74, 6) is 0.425. The Morgan fingerprint density at radius 3 is 2.41 bits per heavy atom. The summed E-state index contributed by atoms with van der Waals surface area (Å²) in [5.41, 5.74) is 1.19. The van der Waals surface area contributed by atoms with Crippen molar-refractivity contribution in [1.29, 1.82) is 0 Å². The lowest BCUT2D eigenvalue weighted by Gasteiger charge is -2.11. The van der Waals surface area contributed by atoms with Gasteiger partial charge in [-0.05, 0) is 39.7 Å². The standard InChI is InChI=1S/C16H27N/c1-5-9-11-14-15(13-10-6-2)16(12-7-3)17-8-4/h6-7,10-12,14-15H,5,8-9,13H2,1-4H3/b10-6?,12-7-,14-11?,17-16?. The monoisotopic (exact) mass is 233 g/mol. The Labute approximate surface area is 107 Å². The number of unbranched alkanes of at least 4 members (excludes halogenated alkanes) is 1. The second-order valence-electron chi connectivity index (χ2n) is 4.03. The normalized spacial score (nSPS) is 15.4. The number of hydrogen-bond acceptors (Lipinski definition) is 1. The minimum Gasteiger partial charge on any atom is -0.289 e. The molecule has 0 aromatic carbocycles. The van der Waals surface area contributed by atoms with Crippen LogP contribution in [0.5, 0.6) is 0 Å². The van der Waals surface area contributed by atoms with Gasteiger partial charge in [-0.15, -0.1) is 0 Å². The van der Waals surface area contributed by atoms with Crippen molar-refractivity contribution in [3.05, 3.63) is 36.5 Å². The van der Waals surface area contributed by atoms with Crippen LogP contribution in [-0.4, -0.2) is 12.3 Å². The van der Waals surface area contributed by atoms with Crippen LogP contribution in [0.15, 0.2) is 41.4 Å². The zero-order valence-electron chi connectivity index (χ0n) is 11.8. The first kappa shape index (κ1) is 15.9. The van der Waals surface area contributed by atoms with Crippen molar-refractivity contribution in [3.63, 3.8) is 0 Å². The Hall–Kier alpha value is -1.11. The summed E-state index contributed by atoms with van der Waals surface area (Å²) in [6.07, 6.45) is 16.5. The van der Waals surface area contributed by atoms with Gasteiger partial charge in [-0.3, -0.25) is 4.99 Å². The molecule has 0 spiro atoms. The molecule has 0 N–H and O–H groups in total. The molecule has 0 aromatic heterocycles. The maximum atomic E-state index is 4.59. The lowest BCUT2D eigenvalue weighted by molar-refractivity contribution is 0.856. The highest BCUT2D eigenvalue weighted by Crippen LogP contribution is 2.12. The van der Waals surface area contributed by atoms with Crippen molar-refractivity contribution in [2.24, 2.45) is 10.9 Å². The number of allylic oxidation sites excluding steroid dienone is 6. The third kappa shape index (κ3) is 7.73. The highest BCUT2D eigenvalue weighted by Gasteiger charge is 2.07. The molecule has 0 heterocycles. The van der Waals surface area contributed by atoms with Crippen LogP contribution >= 0.6 is 0 Å². The lowest BCUT2D eigenvalue weighted by Crippen LogP contribution is -2.09. The Morgan fingerprint density at radius 1 is 1.12 bits per heavy atom. The van der Waals surface area contributed by atoms with E-state index in [0.29, 0.717) is 5.92 Å². The van der Waals surface area contributed by atoms with E-state index in [1.54, 1.807) is 0 Å². The van der Waals surface area contributed by atoms with Crippen LogP contribution in [0.4, 0.5) is 0 Å². The van der Waals surface area contributed by atoms with E-state index in [4.69, 9.17) is 0 Å². The molecule has 0 radical (unpaired) electrons. The molecule has 0 bridgehead atoms. The van der Waals surface area contributed by atoms with Crippen LogP contribution in [-0.2, 0) is 0 Å². The van der Waals surface area contributed by atoms with E-state index < -0.39 is 0 Å². The number of rotatable bonds is 8. The van der Waals surface area contributed by atoms with Crippen LogP contribution < -0.4 is 0 Å². The molecule has 0 aliphatic carbocycles. The van der Waals surface area contributed by atoms with E-state index in [9.17, 15) is 0 Å². The number of hydrogen-bond donors (Lipinski definition) is 0. The average Bonchev–Trinajstić information content (AvgIpc) is 2.33. The third-order valence-corrected chi connectivity index (χ3v) is 2.51. The molecule has 96 valence electrons. The predicted molar refractivity (Wildman–Crippen MR) is 79.8 cm³/mol. The maximum absolute atomic E-state index is 4.59. The van der Waals surface area contributed by atoms with E-state index >= 15 is 0 Å². The molecule has 0 aliphatic heterocycles. The minimum atomic E-state index is 0.425. The van der Waals surface area contributed by atoms with E-state index in [1.165, 1.54) is 12.1 Å². The predicted octanol–water partition coefficient (Wildman–Crippen LogP) is 4.96. The zero-order chi connectivity index (χ0) is 12.9. The van der Waals surface area contributed by atoms with Crippen LogP contribution in [0.2, 0.25) is 0 Å². The van der Waals surface area contributed by atoms with Gasteiger partial charge in [0.2, 0.25) is 0 Å². The van der Waals surface area contributed by atoms with E-state index in [1.807, 2.05) is 6.92 Å². The summed E-state index contributed by atoms with van der Waals surface area (Å²) in [6.45, 7) is 9.27. The summed E-state index contributed by atoms with van der Waals surface area (Å²) >= 11 is 0. The molecule has 0 amide bonds. The molecule has 1 unspecified atom stereocenters. The van der Waals surface area contributed by atoms with Gasteiger partial charge in [-0.1, -0.05) is 43.7 Å². The van der Waals surface area contributed by atoms with Gasteiger partial charge in [-0.25, -0.2) is 0 Å². The van der Waals surface area contributed by atoms with Gasteiger partial charge in [0.25, 0.3) is 0 Å². The molecule has 17 heavy (non-hydrogen) atoms. The minimum absolute atomic E-state index is 0.425.